The monoisotopic (exact) mass is 200 g/mol. The van der Waals surface area contributed by atoms with E-state index in [2.05, 4.69) is 33.4 Å². The Morgan fingerprint density at radius 2 is 1.33 bits per heavy atom. The van der Waals surface area contributed by atoms with Crippen LogP contribution in [0, 0.1) is 0 Å². The number of aromatic nitrogens is 2. The van der Waals surface area contributed by atoms with Crippen LogP contribution in [0.5, 0.6) is 0 Å². The van der Waals surface area contributed by atoms with Crippen molar-refractivity contribution in [2.24, 2.45) is 0 Å². The van der Waals surface area contributed by atoms with Crippen molar-refractivity contribution < 1.29 is 13.9 Å². The standard InChI is InChI=1S/C12H12N2O/c1-3-7-13-9-15-10-14-8-4-2-6-12(14)11(13)5-1/h1-8H,9-10H2/q+2. The molecule has 0 aliphatic carbocycles. The maximum atomic E-state index is 5.57. The quantitative estimate of drug-likeness (QED) is 0.577. The Bertz CT molecular complexity index is 451. The number of fused-ring (bicyclic) bond motifs is 3. The molecule has 0 saturated heterocycles. The van der Waals surface area contributed by atoms with Crippen molar-refractivity contribution in [2.45, 2.75) is 13.5 Å². The van der Waals surface area contributed by atoms with Crippen LogP contribution in [-0.4, -0.2) is 0 Å². The molecule has 74 valence electrons. The van der Waals surface area contributed by atoms with E-state index in [1.54, 1.807) is 0 Å². The molecule has 0 saturated carbocycles. The van der Waals surface area contributed by atoms with E-state index in [0.29, 0.717) is 13.5 Å². The van der Waals surface area contributed by atoms with E-state index in [1.807, 2.05) is 24.5 Å². The molecule has 0 spiro atoms. The molecule has 0 atom stereocenters. The summed E-state index contributed by atoms with van der Waals surface area (Å²) < 4.78 is 9.79. The first kappa shape index (κ1) is 8.56. The van der Waals surface area contributed by atoms with Crippen LogP contribution >= 0.6 is 0 Å². The van der Waals surface area contributed by atoms with E-state index in [1.165, 1.54) is 11.4 Å². The maximum Gasteiger partial charge on any atom is 0.279 e. The average molecular weight is 200 g/mol. The summed E-state index contributed by atoms with van der Waals surface area (Å²) in [6.07, 6.45) is 4.08. The molecule has 0 aromatic carbocycles. The van der Waals surface area contributed by atoms with Crippen molar-refractivity contribution in [2.75, 3.05) is 0 Å². The minimum atomic E-state index is 0.609. The lowest BCUT2D eigenvalue weighted by Gasteiger charge is -1.95. The molecule has 3 heterocycles. The Labute approximate surface area is 88.2 Å². The zero-order valence-corrected chi connectivity index (χ0v) is 8.34. The molecule has 3 rings (SSSR count). The molecule has 1 aliphatic heterocycles. The van der Waals surface area contributed by atoms with Crippen LogP contribution in [0.3, 0.4) is 0 Å². The highest BCUT2D eigenvalue weighted by molar-refractivity contribution is 5.45. The number of hydrogen-bond acceptors (Lipinski definition) is 1. The molecule has 0 radical (unpaired) electrons. The van der Waals surface area contributed by atoms with E-state index in [9.17, 15) is 0 Å². The second-order valence-electron chi connectivity index (χ2n) is 3.57. The Morgan fingerprint density at radius 3 is 1.87 bits per heavy atom. The third-order valence-electron chi connectivity index (χ3n) is 2.60. The molecular weight excluding hydrogens is 188 g/mol. The lowest BCUT2D eigenvalue weighted by atomic mass is 10.2. The Balaban J connectivity index is 2.27. The van der Waals surface area contributed by atoms with Gasteiger partial charge in [-0.3, -0.25) is 4.74 Å². The van der Waals surface area contributed by atoms with Crippen LogP contribution in [0.4, 0.5) is 0 Å². The summed E-state index contributed by atoms with van der Waals surface area (Å²) in [5, 5.41) is 0. The highest BCUT2D eigenvalue weighted by Gasteiger charge is 2.25. The topological polar surface area (TPSA) is 17.0 Å². The molecule has 2 aromatic heterocycles. The van der Waals surface area contributed by atoms with Crippen LogP contribution < -0.4 is 9.13 Å². The molecule has 15 heavy (non-hydrogen) atoms. The SMILES string of the molecule is c1cc[n+]2c(c1)-c1cccc[n+]1COC2. The lowest BCUT2D eigenvalue weighted by Crippen LogP contribution is -2.36. The number of hydrogen-bond donors (Lipinski definition) is 0. The summed E-state index contributed by atoms with van der Waals surface area (Å²) >= 11 is 0. The molecule has 3 nitrogen and oxygen atoms in total. The molecular formula is C12H12N2O+2. The predicted octanol–water partition coefficient (Wildman–Crippen LogP) is 0.874. The number of rotatable bonds is 0. The van der Waals surface area contributed by atoms with E-state index in [0.717, 1.165) is 0 Å². The van der Waals surface area contributed by atoms with Gasteiger partial charge in [-0.05, 0) is 12.1 Å². The first-order valence-electron chi connectivity index (χ1n) is 5.00. The van der Waals surface area contributed by atoms with Gasteiger partial charge in [0.15, 0.2) is 12.4 Å². The van der Waals surface area contributed by atoms with Crippen molar-refractivity contribution in [1.82, 2.24) is 0 Å². The summed E-state index contributed by atoms with van der Waals surface area (Å²) in [5.41, 5.74) is 2.38. The van der Waals surface area contributed by atoms with Crippen LogP contribution in [0.2, 0.25) is 0 Å². The van der Waals surface area contributed by atoms with Crippen molar-refractivity contribution in [3.8, 4) is 11.4 Å². The Hall–Kier alpha value is -1.74. The van der Waals surface area contributed by atoms with Crippen LogP contribution in [0.15, 0.2) is 48.8 Å². The second kappa shape index (κ2) is 3.44. The lowest BCUT2D eigenvalue weighted by molar-refractivity contribution is -0.754. The van der Waals surface area contributed by atoms with E-state index >= 15 is 0 Å². The van der Waals surface area contributed by atoms with E-state index in [4.69, 9.17) is 4.74 Å². The fraction of sp³-hybridized carbons (Fsp3) is 0.167. The first-order chi connectivity index (χ1) is 7.45. The summed E-state index contributed by atoms with van der Waals surface area (Å²) in [7, 11) is 0. The van der Waals surface area contributed by atoms with E-state index in [-0.39, 0.29) is 0 Å². The third kappa shape index (κ3) is 1.41. The van der Waals surface area contributed by atoms with Crippen LogP contribution in [-0.2, 0) is 18.2 Å². The minimum absolute atomic E-state index is 0.609. The van der Waals surface area contributed by atoms with Gasteiger partial charge in [0, 0.05) is 24.3 Å². The van der Waals surface area contributed by atoms with E-state index < -0.39 is 0 Å². The smallest absolute Gasteiger partial charge is 0.262 e. The van der Waals surface area contributed by atoms with Crippen molar-refractivity contribution in [1.29, 1.82) is 0 Å². The van der Waals surface area contributed by atoms with Gasteiger partial charge in [0.25, 0.3) is 24.8 Å². The van der Waals surface area contributed by atoms with Crippen molar-refractivity contribution in [3.63, 3.8) is 0 Å². The fourth-order valence-electron chi connectivity index (χ4n) is 1.88. The second-order valence-corrected chi connectivity index (χ2v) is 3.57. The van der Waals surface area contributed by atoms with Gasteiger partial charge in [0.1, 0.15) is 0 Å². The fourth-order valence-corrected chi connectivity index (χ4v) is 1.88. The van der Waals surface area contributed by atoms with Gasteiger partial charge in [-0.15, -0.1) is 0 Å². The minimum Gasteiger partial charge on any atom is -0.262 e. The first-order valence-corrected chi connectivity index (χ1v) is 5.00. The summed E-state index contributed by atoms with van der Waals surface area (Å²) in [4.78, 5) is 0. The predicted molar refractivity (Wildman–Crippen MR) is 53.4 cm³/mol. The largest absolute Gasteiger partial charge is 0.279 e. The summed E-state index contributed by atoms with van der Waals surface area (Å²) in [6.45, 7) is 1.22. The molecule has 0 amide bonds. The van der Waals surface area contributed by atoms with Gasteiger partial charge in [0.05, 0.1) is 0 Å². The third-order valence-corrected chi connectivity index (χ3v) is 2.60. The van der Waals surface area contributed by atoms with Gasteiger partial charge in [-0.1, -0.05) is 0 Å². The van der Waals surface area contributed by atoms with Gasteiger partial charge in [-0.2, -0.15) is 9.13 Å². The van der Waals surface area contributed by atoms with Crippen molar-refractivity contribution >= 4 is 0 Å². The number of ether oxygens (including phenoxy) is 1. The van der Waals surface area contributed by atoms with Gasteiger partial charge >= 0.3 is 0 Å². The normalized spacial score (nSPS) is 13.9. The maximum absolute atomic E-state index is 5.57. The molecule has 0 N–H and O–H groups in total. The average Bonchev–Trinajstić information content (AvgIpc) is 2.48. The molecule has 3 heteroatoms. The van der Waals surface area contributed by atoms with Gasteiger partial charge < -0.3 is 0 Å². The molecule has 2 aromatic rings. The number of pyridine rings is 2. The number of nitrogens with zero attached hydrogens (tertiary/aromatic N) is 2. The highest BCUT2D eigenvalue weighted by Crippen LogP contribution is 2.11. The summed E-state index contributed by atoms with van der Waals surface area (Å²) in [5.74, 6) is 0. The van der Waals surface area contributed by atoms with Gasteiger partial charge in [0.2, 0.25) is 0 Å². The van der Waals surface area contributed by atoms with Gasteiger partial charge in [-0.25, -0.2) is 0 Å². The summed E-state index contributed by atoms with van der Waals surface area (Å²) in [6, 6.07) is 12.4. The van der Waals surface area contributed by atoms with Crippen molar-refractivity contribution in [3.05, 3.63) is 48.8 Å². The Morgan fingerprint density at radius 1 is 0.800 bits per heavy atom. The zero-order valence-electron chi connectivity index (χ0n) is 8.34. The molecule has 0 bridgehead atoms. The zero-order chi connectivity index (χ0) is 10.1. The van der Waals surface area contributed by atoms with Crippen LogP contribution in [0.1, 0.15) is 0 Å². The molecule has 0 unspecified atom stereocenters. The highest BCUT2D eigenvalue weighted by atomic mass is 16.5. The Kier molecular flexibility index (Phi) is 1.96. The van der Waals surface area contributed by atoms with Crippen LogP contribution in [0.25, 0.3) is 11.4 Å². The molecule has 1 aliphatic rings. The molecule has 0 fully saturated rings.